The molecule has 0 aromatic heterocycles. The number of rotatable bonds is 4. The smallest absolute Gasteiger partial charge is 0.191 e. The quantitative estimate of drug-likeness (QED) is 0.444. The molecule has 2 rings (SSSR count). The van der Waals surface area contributed by atoms with Crippen LogP contribution in [0.15, 0.2) is 23.2 Å². The number of nitrogens with one attached hydrogen (secondary N) is 2. The number of nitrogens with zero attached hydrogens (tertiary/aromatic N) is 2. The SMILES string of the molecule is CCCNC(=NC)NC1CCN(c2ccc(F)cc2F)C1.I. The van der Waals surface area contributed by atoms with E-state index in [4.69, 9.17) is 0 Å². The van der Waals surface area contributed by atoms with E-state index in [9.17, 15) is 8.78 Å². The summed E-state index contributed by atoms with van der Waals surface area (Å²) in [5.41, 5.74) is 0.456. The number of anilines is 1. The summed E-state index contributed by atoms with van der Waals surface area (Å²) in [5, 5.41) is 6.55. The first kappa shape index (κ1) is 18.9. The third kappa shape index (κ3) is 4.96. The van der Waals surface area contributed by atoms with Gasteiger partial charge in [0, 0.05) is 38.8 Å². The van der Waals surface area contributed by atoms with Gasteiger partial charge in [-0.1, -0.05) is 6.92 Å². The minimum atomic E-state index is -0.547. The van der Waals surface area contributed by atoms with E-state index in [1.165, 1.54) is 12.1 Å². The second-order valence-corrected chi connectivity index (χ2v) is 5.17. The van der Waals surface area contributed by atoms with E-state index in [1.54, 1.807) is 7.05 Å². The molecule has 2 N–H and O–H groups in total. The van der Waals surface area contributed by atoms with Crippen molar-refractivity contribution < 1.29 is 8.78 Å². The molecule has 1 aliphatic rings. The molecule has 1 saturated heterocycles. The topological polar surface area (TPSA) is 39.7 Å². The molecular formula is C15H23F2IN4. The van der Waals surface area contributed by atoms with Gasteiger partial charge in [-0.15, -0.1) is 24.0 Å². The Labute approximate surface area is 147 Å². The highest BCUT2D eigenvalue weighted by molar-refractivity contribution is 14.0. The Morgan fingerprint density at radius 2 is 2.18 bits per heavy atom. The number of aliphatic imine (C=N–C) groups is 1. The van der Waals surface area contributed by atoms with Crippen molar-refractivity contribution in [3.05, 3.63) is 29.8 Å². The van der Waals surface area contributed by atoms with Crippen molar-refractivity contribution in [2.24, 2.45) is 4.99 Å². The first-order valence-corrected chi connectivity index (χ1v) is 7.31. The van der Waals surface area contributed by atoms with Gasteiger partial charge in [0.15, 0.2) is 5.96 Å². The lowest BCUT2D eigenvalue weighted by Crippen LogP contribution is -2.44. The second kappa shape index (κ2) is 9.12. The summed E-state index contributed by atoms with van der Waals surface area (Å²) in [6, 6.07) is 3.92. The summed E-state index contributed by atoms with van der Waals surface area (Å²) >= 11 is 0. The zero-order chi connectivity index (χ0) is 15.2. The third-order valence-electron chi connectivity index (χ3n) is 3.55. The molecule has 0 aliphatic carbocycles. The van der Waals surface area contributed by atoms with E-state index in [0.29, 0.717) is 12.2 Å². The van der Waals surface area contributed by atoms with Crippen molar-refractivity contribution in [1.82, 2.24) is 10.6 Å². The molecular weight excluding hydrogens is 401 g/mol. The van der Waals surface area contributed by atoms with Crippen molar-refractivity contribution >= 4 is 35.6 Å². The summed E-state index contributed by atoms with van der Waals surface area (Å²) in [6.45, 7) is 4.37. The summed E-state index contributed by atoms with van der Waals surface area (Å²) in [6.07, 6.45) is 1.92. The average molecular weight is 424 g/mol. The minimum absolute atomic E-state index is 0. The van der Waals surface area contributed by atoms with Gasteiger partial charge in [0.2, 0.25) is 0 Å². The maximum Gasteiger partial charge on any atom is 0.191 e. The van der Waals surface area contributed by atoms with Crippen LogP contribution in [0.25, 0.3) is 0 Å². The molecule has 7 heteroatoms. The van der Waals surface area contributed by atoms with Gasteiger partial charge < -0.3 is 15.5 Å². The van der Waals surface area contributed by atoms with Gasteiger partial charge in [-0.3, -0.25) is 4.99 Å². The highest BCUT2D eigenvalue weighted by atomic mass is 127. The number of hydrogen-bond donors (Lipinski definition) is 2. The molecule has 0 radical (unpaired) electrons. The van der Waals surface area contributed by atoms with Gasteiger partial charge in [-0.2, -0.15) is 0 Å². The van der Waals surface area contributed by atoms with E-state index >= 15 is 0 Å². The van der Waals surface area contributed by atoms with Crippen molar-refractivity contribution in [3.63, 3.8) is 0 Å². The standard InChI is InChI=1S/C15H22F2N4.HI/c1-3-7-19-15(18-2)20-12-6-8-21(10-12)14-5-4-11(16)9-13(14)17;/h4-5,9,12H,3,6-8,10H2,1-2H3,(H2,18,19,20);1H. The van der Waals surface area contributed by atoms with Crippen LogP contribution in [0.3, 0.4) is 0 Å². The van der Waals surface area contributed by atoms with Gasteiger partial charge in [0.05, 0.1) is 5.69 Å². The lowest BCUT2D eigenvalue weighted by molar-refractivity contribution is 0.580. The lowest BCUT2D eigenvalue weighted by Gasteiger charge is -2.20. The van der Waals surface area contributed by atoms with Gasteiger partial charge in [-0.25, -0.2) is 8.78 Å². The summed E-state index contributed by atoms with van der Waals surface area (Å²) in [7, 11) is 1.73. The first-order valence-electron chi connectivity index (χ1n) is 7.31. The van der Waals surface area contributed by atoms with E-state index in [1.807, 2.05) is 4.90 Å². The molecule has 0 saturated carbocycles. The number of benzene rings is 1. The molecule has 0 amide bonds. The Morgan fingerprint density at radius 1 is 1.41 bits per heavy atom. The summed E-state index contributed by atoms with van der Waals surface area (Å²) < 4.78 is 26.7. The molecule has 1 atom stereocenters. The Hall–Kier alpha value is -1.12. The predicted octanol–water partition coefficient (Wildman–Crippen LogP) is 2.74. The van der Waals surface area contributed by atoms with Gasteiger partial charge in [0.25, 0.3) is 0 Å². The average Bonchev–Trinajstić information content (AvgIpc) is 2.91. The minimum Gasteiger partial charge on any atom is -0.367 e. The van der Waals surface area contributed by atoms with E-state index in [0.717, 1.165) is 38.0 Å². The van der Waals surface area contributed by atoms with Crippen molar-refractivity contribution in [3.8, 4) is 0 Å². The number of guanidine groups is 1. The van der Waals surface area contributed by atoms with Crippen LogP contribution < -0.4 is 15.5 Å². The van der Waals surface area contributed by atoms with Crippen molar-refractivity contribution in [1.29, 1.82) is 0 Å². The first-order chi connectivity index (χ1) is 10.1. The highest BCUT2D eigenvalue weighted by Gasteiger charge is 2.25. The molecule has 0 spiro atoms. The molecule has 1 heterocycles. The van der Waals surface area contributed by atoms with Crippen molar-refractivity contribution in [2.75, 3.05) is 31.6 Å². The molecule has 1 aromatic carbocycles. The molecule has 0 bridgehead atoms. The largest absolute Gasteiger partial charge is 0.367 e. The zero-order valence-electron chi connectivity index (χ0n) is 12.9. The summed E-state index contributed by atoms with van der Waals surface area (Å²) in [5.74, 6) is -0.290. The molecule has 124 valence electrons. The monoisotopic (exact) mass is 424 g/mol. The van der Waals surface area contributed by atoms with E-state index in [-0.39, 0.29) is 30.0 Å². The lowest BCUT2D eigenvalue weighted by atomic mass is 10.2. The van der Waals surface area contributed by atoms with Crippen LogP contribution in [0.2, 0.25) is 0 Å². The molecule has 4 nitrogen and oxygen atoms in total. The van der Waals surface area contributed by atoms with E-state index < -0.39 is 11.6 Å². The van der Waals surface area contributed by atoms with Crippen LogP contribution in [-0.2, 0) is 0 Å². The molecule has 1 unspecified atom stereocenters. The summed E-state index contributed by atoms with van der Waals surface area (Å²) in [4.78, 5) is 6.10. The second-order valence-electron chi connectivity index (χ2n) is 5.17. The Morgan fingerprint density at radius 3 is 2.82 bits per heavy atom. The Balaban J connectivity index is 0.00000242. The van der Waals surface area contributed by atoms with Crippen LogP contribution in [0.1, 0.15) is 19.8 Å². The van der Waals surface area contributed by atoms with Crippen LogP contribution in [0.5, 0.6) is 0 Å². The van der Waals surface area contributed by atoms with Gasteiger partial charge >= 0.3 is 0 Å². The van der Waals surface area contributed by atoms with Gasteiger partial charge in [-0.05, 0) is 25.0 Å². The van der Waals surface area contributed by atoms with Crippen LogP contribution in [0.4, 0.5) is 14.5 Å². The van der Waals surface area contributed by atoms with Crippen LogP contribution >= 0.6 is 24.0 Å². The van der Waals surface area contributed by atoms with Crippen molar-refractivity contribution in [2.45, 2.75) is 25.8 Å². The maximum absolute atomic E-state index is 13.8. The van der Waals surface area contributed by atoms with Crippen LogP contribution in [0, 0.1) is 11.6 Å². The number of halogens is 3. The van der Waals surface area contributed by atoms with E-state index in [2.05, 4.69) is 22.5 Å². The normalized spacial score (nSPS) is 18.1. The Kier molecular flexibility index (Phi) is 7.84. The predicted molar refractivity (Wildman–Crippen MR) is 97.2 cm³/mol. The highest BCUT2D eigenvalue weighted by Crippen LogP contribution is 2.24. The number of hydrogen-bond acceptors (Lipinski definition) is 2. The van der Waals surface area contributed by atoms with Gasteiger partial charge in [0.1, 0.15) is 11.6 Å². The maximum atomic E-state index is 13.8. The molecule has 22 heavy (non-hydrogen) atoms. The zero-order valence-corrected chi connectivity index (χ0v) is 15.2. The van der Waals surface area contributed by atoms with Crippen LogP contribution in [-0.4, -0.2) is 38.7 Å². The Bertz CT molecular complexity index is 510. The fraction of sp³-hybridized carbons (Fsp3) is 0.533. The molecule has 1 aromatic rings. The third-order valence-corrected chi connectivity index (χ3v) is 3.55. The fourth-order valence-corrected chi connectivity index (χ4v) is 2.47. The fourth-order valence-electron chi connectivity index (χ4n) is 2.47. The molecule has 1 aliphatic heterocycles. The molecule has 1 fully saturated rings.